The Kier molecular flexibility index (Phi) is 18.2. The maximum Gasteiger partial charge on any atom is 0.143 e. The molecule has 0 aliphatic heterocycles. The van der Waals surface area contributed by atoms with E-state index in [1.54, 1.807) is 33.4 Å². The van der Waals surface area contributed by atoms with Gasteiger partial charge in [0.25, 0.3) is 0 Å². The highest BCUT2D eigenvalue weighted by Gasteiger charge is 2.66. The van der Waals surface area contributed by atoms with Gasteiger partial charge in [0.15, 0.2) is 0 Å². The van der Waals surface area contributed by atoms with E-state index in [2.05, 4.69) is 405 Å². The molecule has 12 fully saturated rings. The lowest BCUT2D eigenvalue weighted by atomic mass is 9.43. The lowest BCUT2D eigenvalue weighted by Crippen LogP contribution is -2.55. The molecule has 0 atom stereocenters. The molecule has 12 saturated carbocycles. The monoisotopic (exact) mass is 1810 g/mol. The number of para-hydroxylation sites is 6. The molecule has 680 valence electrons. The van der Waals surface area contributed by atoms with Crippen LogP contribution in [-0.2, 0) is 21.7 Å². The molecule has 12 bridgehead atoms. The predicted molar refractivity (Wildman–Crippen MR) is 576 cm³/mol. The molecule has 3 spiro atoms. The van der Waals surface area contributed by atoms with Crippen LogP contribution in [0.25, 0.3) is 111 Å². The summed E-state index contributed by atoms with van der Waals surface area (Å²) < 4.78 is 12.5. The third-order valence-electron chi connectivity index (χ3n) is 37.9. The molecule has 5 heteroatoms. The summed E-state index contributed by atoms with van der Waals surface area (Å²) in [5.41, 5.74) is 43.9. The lowest BCUT2D eigenvalue weighted by molar-refractivity contribution is -0.0399. The van der Waals surface area contributed by atoms with Gasteiger partial charge >= 0.3 is 0 Å². The molecule has 0 radical (unpaired) electrons. The molecule has 2 aromatic heterocycles. The molecule has 17 aromatic carbocycles. The summed E-state index contributed by atoms with van der Waals surface area (Å²) in [4.78, 5) is 7.55. The first-order valence-corrected chi connectivity index (χ1v) is 52.6. The second-order valence-corrected chi connectivity index (χ2v) is 44.9. The van der Waals surface area contributed by atoms with E-state index in [9.17, 15) is 0 Å². The van der Waals surface area contributed by atoms with Crippen molar-refractivity contribution in [2.24, 2.45) is 71.0 Å². The topological polar surface area (TPSA) is 36.0 Å². The number of hydrogen-bond acceptors (Lipinski definition) is 5. The highest BCUT2D eigenvalue weighted by molar-refractivity contribution is 6.11. The summed E-state index contributed by atoms with van der Waals surface area (Å²) in [6.07, 6.45) is 21.2. The quantitative estimate of drug-likeness (QED) is 0.129. The van der Waals surface area contributed by atoms with Crippen LogP contribution in [0.3, 0.4) is 0 Å². The Labute approximate surface area is 821 Å². The van der Waals surface area contributed by atoms with Crippen LogP contribution in [0.2, 0.25) is 0 Å². The predicted octanol–water partition coefficient (Wildman–Crippen LogP) is 36.1. The lowest BCUT2D eigenvalue weighted by Gasteiger charge is -2.61. The average Bonchev–Trinajstić information content (AvgIpc) is 1.55. The summed E-state index contributed by atoms with van der Waals surface area (Å²) >= 11 is 0. The van der Waals surface area contributed by atoms with Gasteiger partial charge in [0.1, 0.15) is 22.3 Å². The van der Waals surface area contributed by atoms with E-state index in [4.69, 9.17) is 8.83 Å². The van der Waals surface area contributed by atoms with Gasteiger partial charge in [-0.1, -0.05) is 293 Å². The van der Waals surface area contributed by atoms with E-state index in [1.165, 1.54) is 214 Å². The van der Waals surface area contributed by atoms with Crippen LogP contribution in [0, 0.1) is 71.0 Å². The van der Waals surface area contributed by atoms with Crippen molar-refractivity contribution in [2.45, 2.75) is 132 Å². The zero-order chi connectivity index (χ0) is 92.0. The number of anilines is 9. The van der Waals surface area contributed by atoms with Gasteiger partial charge in [-0.15, -0.1) is 0 Å². The normalized spacial score (nSPS) is 25.6. The summed E-state index contributed by atoms with van der Waals surface area (Å²) in [6.45, 7) is 4.75. The maximum absolute atomic E-state index is 6.42. The van der Waals surface area contributed by atoms with E-state index < -0.39 is 0 Å². The molecule has 19 aromatic rings. The Morgan fingerprint density at radius 1 is 0.200 bits per heavy atom. The van der Waals surface area contributed by atoms with Crippen molar-refractivity contribution in [3.63, 3.8) is 0 Å². The van der Waals surface area contributed by atoms with E-state index in [1.807, 2.05) is 18.2 Å². The highest BCUT2D eigenvalue weighted by Crippen LogP contribution is 2.75. The molecule has 35 rings (SSSR count). The van der Waals surface area contributed by atoms with E-state index in [0.717, 1.165) is 126 Å². The third kappa shape index (κ3) is 11.8. The minimum absolute atomic E-state index is 0.000813. The number of rotatable bonds is 11. The number of hydrogen-bond donors (Lipinski definition) is 0. The van der Waals surface area contributed by atoms with E-state index in [-0.39, 0.29) is 21.7 Å². The molecule has 140 heavy (non-hydrogen) atoms. The second kappa shape index (κ2) is 31.1. The number of benzene rings is 17. The first-order valence-electron chi connectivity index (χ1n) is 52.6. The van der Waals surface area contributed by atoms with Gasteiger partial charge in [0.2, 0.25) is 0 Å². The van der Waals surface area contributed by atoms with Gasteiger partial charge in [-0.2, -0.15) is 0 Å². The Balaban J connectivity index is 0.0000000988. The highest BCUT2D eigenvalue weighted by atomic mass is 16.3. The van der Waals surface area contributed by atoms with Gasteiger partial charge in [0, 0.05) is 99.6 Å². The first kappa shape index (κ1) is 81.7. The van der Waals surface area contributed by atoms with Crippen molar-refractivity contribution in [2.75, 3.05) is 14.7 Å². The Morgan fingerprint density at radius 3 is 0.950 bits per heavy atom. The van der Waals surface area contributed by atoms with Crippen LogP contribution < -0.4 is 14.7 Å². The van der Waals surface area contributed by atoms with Crippen LogP contribution in [0.4, 0.5) is 51.2 Å². The van der Waals surface area contributed by atoms with Gasteiger partial charge in [-0.05, 0) is 372 Å². The molecule has 0 unspecified atom stereocenters. The molecule has 5 nitrogen and oxygen atoms in total. The first-order chi connectivity index (χ1) is 69.1. The minimum atomic E-state index is 0.000813. The minimum Gasteiger partial charge on any atom is -0.456 e. The summed E-state index contributed by atoms with van der Waals surface area (Å²) in [5.74, 6) is 10.2. The number of furan rings is 2. The summed E-state index contributed by atoms with van der Waals surface area (Å²) in [7, 11) is 0. The van der Waals surface area contributed by atoms with Crippen molar-refractivity contribution in [3.05, 3.63) is 439 Å². The van der Waals surface area contributed by atoms with Gasteiger partial charge < -0.3 is 23.5 Å². The molecule has 0 saturated heterocycles. The standard InChI is InChI=1S/2C46H37NO.C43H39N/c1-2-10-34(11-3-1)47(35-22-20-31(21-23-35)36-14-8-15-38-37-12-5-7-19-43(37)48-45(36)38)42-18-9-17-41-44(42)39-13-4-6-16-40(39)46(41)32-25-29-24-30(27-32)28-33(46)26-29;1-2-9-35(10-3-1)47(36-20-17-31(18-21-36)32-19-22-44-39(28-32)37-11-5-7-16-43(37)48-44)42-15-8-14-41-45(42)38-12-4-6-13-40(38)46(41)33-24-29-23-30(26-33)27-34(46)25-29;1-42(2)36-15-8-6-13-33(36)35-26-32(19-20-37(35)42)44(31-11-4-3-5-12-31)40-18-10-17-39-41(40)34-14-7-9-16-38(34)43(39)29-22-27-21-28(24-29)25-30(43)23-27/h1-23,29-30,32-33H,24-28H2;1-22,28-30,33-34H,23-27H2;3-20,26-30H,21-25H2,1-2H3. The molecule has 16 aliphatic rings. The van der Waals surface area contributed by atoms with Crippen molar-refractivity contribution in [3.8, 4) is 66.8 Å². The summed E-state index contributed by atoms with van der Waals surface area (Å²) in [5, 5.41) is 4.65. The summed E-state index contributed by atoms with van der Waals surface area (Å²) in [6, 6.07) is 147. The van der Waals surface area contributed by atoms with E-state index >= 15 is 0 Å². The van der Waals surface area contributed by atoms with Crippen molar-refractivity contribution >= 4 is 95.1 Å². The smallest absolute Gasteiger partial charge is 0.143 e. The van der Waals surface area contributed by atoms with E-state index in [0.29, 0.717) is 0 Å². The maximum atomic E-state index is 6.42. The average molecular weight is 1810 g/mol. The Hall–Kier alpha value is -14.3. The van der Waals surface area contributed by atoms with Crippen molar-refractivity contribution in [1.82, 2.24) is 0 Å². The molecule has 2 heterocycles. The van der Waals surface area contributed by atoms with Crippen LogP contribution in [-0.4, -0.2) is 0 Å². The Morgan fingerprint density at radius 2 is 0.507 bits per heavy atom. The van der Waals surface area contributed by atoms with Crippen LogP contribution >= 0.6 is 0 Å². The zero-order valence-corrected chi connectivity index (χ0v) is 79.7. The largest absolute Gasteiger partial charge is 0.456 e. The fraction of sp³-hybridized carbons (Fsp3) is 0.244. The van der Waals surface area contributed by atoms with Gasteiger partial charge in [0.05, 0.1) is 17.1 Å². The zero-order valence-electron chi connectivity index (χ0n) is 79.7. The third-order valence-corrected chi connectivity index (χ3v) is 37.9. The fourth-order valence-corrected chi connectivity index (χ4v) is 33.4. The second-order valence-electron chi connectivity index (χ2n) is 44.9. The number of nitrogens with zero attached hydrogens (tertiary/aromatic N) is 3. The van der Waals surface area contributed by atoms with Crippen LogP contribution in [0.5, 0.6) is 0 Å². The van der Waals surface area contributed by atoms with Gasteiger partial charge in [-0.25, -0.2) is 0 Å². The van der Waals surface area contributed by atoms with Crippen LogP contribution in [0.15, 0.2) is 403 Å². The van der Waals surface area contributed by atoms with Gasteiger partial charge in [-0.3, -0.25) is 0 Å². The molecule has 0 N–H and O–H groups in total. The number of fused-ring (bicyclic) bond motifs is 18. The fourth-order valence-electron chi connectivity index (χ4n) is 33.4. The molecule has 16 aliphatic carbocycles. The van der Waals surface area contributed by atoms with Crippen molar-refractivity contribution in [1.29, 1.82) is 0 Å². The molecule has 0 amide bonds. The van der Waals surface area contributed by atoms with Crippen molar-refractivity contribution < 1.29 is 8.83 Å². The molecular weight excluding hydrogens is 1700 g/mol. The molecular formula is C135H113N3O2. The Bertz CT molecular complexity index is 8120. The van der Waals surface area contributed by atoms with Crippen LogP contribution in [0.1, 0.15) is 155 Å². The SMILES string of the molecule is CC1(C)c2ccccc2-c2cc(N(c3ccccc3)c3cccc4c3-c3ccccc3C43C4CC5CC(C4)CC3C5)ccc21.c1ccc(N(c2ccc(-c3ccc4oc5ccccc5c4c3)cc2)c2cccc3c2-c2ccccc2C32C3CC4CC(C3)CC2C4)cc1.c1ccc(N(c2ccc(-c3cccc4c3oc3ccccc34)cc2)c2cccc3c2-c2ccccc2C32C3CC4CC(C3)CC2C4)cc1.